The van der Waals surface area contributed by atoms with Gasteiger partial charge < -0.3 is 0 Å². The minimum atomic E-state index is 0.674. The Balaban J connectivity index is 2.38. The van der Waals surface area contributed by atoms with E-state index < -0.39 is 0 Å². The third-order valence-electron chi connectivity index (χ3n) is 2.25. The molecule has 2 rings (SSSR count). The summed E-state index contributed by atoms with van der Waals surface area (Å²) in [6.45, 7) is 2.94. The van der Waals surface area contributed by atoms with E-state index in [9.17, 15) is 0 Å². The van der Waals surface area contributed by atoms with Crippen molar-refractivity contribution in [2.24, 2.45) is 7.05 Å². The second-order valence-corrected chi connectivity index (χ2v) is 3.80. The summed E-state index contributed by atoms with van der Waals surface area (Å²) in [5, 5.41) is 9.20. The average Bonchev–Trinajstić information content (AvgIpc) is 2.75. The Hall–Kier alpha value is -1.29. The summed E-state index contributed by atoms with van der Waals surface area (Å²) in [5.41, 5.74) is 1.85. The first-order valence-electron chi connectivity index (χ1n) is 4.94. The number of hydrogen-bond acceptors (Lipinski definition) is 2. The van der Waals surface area contributed by atoms with Crippen molar-refractivity contribution < 1.29 is 0 Å². The molecule has 2 aromatic rings. The molecule has 0 aliphatic carbocycles. The highest BCUT2D eigenvalue weighted by Crippen LogP contribution is 2.21. The fourth-order valence-electron chi connectivity index (χ4n) is 1.51. The summed E-state index contributed by atoms with van der Waals surface area (Å²) in [6.07, 6.45) is 2.77. The highest BCUT2D eigenvalue weighted by molar-refractivity contribution is 6.29. The summed E-state index contributed by atoms with van der Waals surface area (Å²) in [7, 11) is 1.89. The first kappa shape index (κ1) is 10.2. The predicted molar refractivity (Wildman–Crippen MR) is 59.7 cm³/mol. The molecule has 0 aromatic carbocycles. The lowest BCUT2D eigenvalue weighted by atomic mass is 10.3. The van der Waals surface area contributed by atoms with Gasteiger partial charge in [0.15, 0.2) is 0 Å². The van der Waals surface area contributed by atoms with Gasteiger partial charge in [0.25, 0.3) is 0 Å². The first-order chi connectivity index (χ1) is 7.22. The molecule has 0 aliphatic rings. The first-order valence-corrected chi connectivity index (χ1v) is 5.32. The average molecular weight is 225 g/mol. The SMILES string of the molecule is CCCn1nc(-c2ccnn2C)cc1Cl. The zero-order valence-corrected chi connectivity index (χ0v) is 9.57. The fraction of sp³-hybridized carbons (Fsp3) is 0.400. The van der Waals surface area contributed by atoms with Crippen molar-refractivity contribution in [2.75, 3.05) is 0 Å². The monoisotopic (exact) mass is 224 g/mol. The summed E-state index contributed by atoms with van der Waals surface area (Å²) in [4.78, 5) is 0. The Morgan fingerprint density at radius 3 is 2.87 bits per heavy atom. The molecule has 4 nitrogen and oxygen atoms in total. The van der Waals surface area contributed by atoms with Crippen LogP contribution in [0.4, 0.5) is 0 Å². The molecule has 0 bridgehead atoms. The van der Waals surface area contributed by atoms with Crippen LogP contribution >= 0.6 is 11.6 Å². The lowest BCUT2D eigenvalue weighted by Gasteiger charge is -1.99. The maximum Gasteiger partial charge on any atom is 0.127 e. The van der Waals surface area contributed by atoms with Gasteiger partial charge in [-0.25, -0.2) is 0 Å². The molecule has 0 atom stereocenters. The smallest absolute Gasteiger partial charge is 0.127 e. The maximum absolute atomic E-state index is 6.06. The van der Waals surface area contributed by atoms with Crippen molar-refractivity contribution in [1.82, 2.24) is 19.6 Å². The Labute approximate surface area is 93.5 Å². The molecule has 5 heteroatoms. The molecule has 0 N–H and O–H groups in total. The molecule has 2 heterocycles. The van der Waals surface area contributed by atoms with Crippen molar-refractivity contribution in [1.29, 1.82) is 0 Å². The van der Waals surface area contributed by atoms with Crippen LogP contribution in [0.5, 0.6) is 0 Å². The molecule has 0 saturated heterocycles. The normalized spacial score (nSPS) is 10.9. The van der Waals surface area contributed by atoms with Crippen LogP contribution in [0.1, 0.15) is 13.3 Å². The minimum Gasteiger partial charge on any atom is -0.266 e. The zero-order chi connectivity index (χ0) is 10.8. The van der Waals surface area contributed by atoms with Crippen LogP contribution in [0.3, 0.4) is 0 Å². The number of halogens is 1. The topological polar surface area (TPSA) is 35.6 Å². The molecule has 2 aromatic heterocycles. The van der Waals surface area contributed by atoms with E-state index in [2.05, 4.69) is 17.1 Å². The van der Waals surface area contributed by atoms with Gasteiger partial charge in [0.05, 0.1) is 5.69 Å². The molecule has 0 unspecified atom stereocenters. The summed E-state index contributed by atoms with van der Waals surface area (Å²) >= 11 is 6.06. The molecular formula is C10H13ClN4. The largest absolute Gasteiger partial charge is 0.266 e. The van der Waals surface area contributed by atoms with E-state index in [-0.39, 0.29) is 0 Å². The lowest BCUT2D eigenvalue weighted by Crippen LogP contribution is -2.00. The van der Waals surface area contributed by atoms with Gasteiger partial charge in [-0.1, -0.05) is 18.5 Å². The summed E-state index contributed by atoms with van der Waals surface area (Å²) in [5.74, 6) is 0. The Kier molecular flexibility index (Phi) is 2.77. The van der Waals surface area contributed by atoms with E-state index in [1.807, 2.05) is 23.9 Å². The van der Waals surface area contributed by atoms with Gasteiger partial charge in [0.2, 0.25) is 0 Å². The van der Waals surface area contributed by atoms with Crippen molar-refractivity contribution in [3.63, 3.8) is 0 Å². The molecular weight excluding hydrogens is 212 g/mol. The van der Waals surface area contributed by atoms with Crippen molar-refractivity contribution in [3.05, 3.63) is 23.5 Å². The summed E-state index contributed by atoms with van der Waals surface area (Å²) in [6, 6.07) is 3.79. The molecule has 0 saturated carbocycles. The van der Waals surface area contributed by atoms with Gasteiger partial charge in [-0.2, -0.15) is 10.2 Å². The third-order valence-corrected chi connectivity index (χ3v) is 2.55. The fourth-order valence-corrected chi connectivity index (χ4v) is 1.74. The standard InChI is InChI=1S/C10H13ClN4/c1-3-6-15-10(11)7-8(13-15)9-4-5-12-14(9)2/h4-5,7H,3,6H2,1-2H3. The molecule has 80 valence electrons. The van der Waals surface area contributed by atoms with Crippen LogP contribution in [0.2, 0.25) is 5.15 Å². The van der Waals surface area contributed by atoms with E-state index >= 15 is 0 Å². The van der Waals surface area contributed by atoms with E-state index in [1.165, 1.54) is 0 Å². The van der Waals surface area contributed by atoms with Gasteiger partial charge in [-0.15, -0.1) is 0 Å². The highest BCUT2D eigenvalue weighted by atomic mass is 35.5. The maximum atomic E-state index is 6.06. The quantitative estimate of drug-likeness (QED) is 0.802. The van der Waals surface area contributed by atoms with Gasteiger partial charge in [-0.3, -0.25) is 9.36 Å². The zero-order valence-electron chi connectivity index (χ0n) is 8.81. The number of aryl methyl sites for hydroxylation is 2. The van der Waals surface area contributed by atoms with Gasteiger partial charge in [-0.05, 0) is 12.5 Å². The molecule has 0 spiro atoms. The Bertz CT molecular complexity index is 458. The van der Waals surface area contributed by atoms with Crippen molar-refractivity contribution in [3.8, 4) is 11.4 Å². The second kappa shape index (κ2) is 4.06. The molecule has 0 amide bonds. The lowest BCUT2D eigenvalue weighted by molar-refractivity contribution is 0.604. The van der Waals surface area contributed by atoms with Crippen LogP contribution in [-0.2, 0) is 13.6 Å². The van der Waals surface area contributed by atoms with Gasteiger partial charge >= 0.3 is 0 Å². The Morgan fingerprint density at radius 1 is 1.47 bits per heavy atom. The number of nitrogens with zero attached hydrogens (tertiary/aromatic N) is 4. The number of hydrogen-bond donors (Lipinski definition) is 0. The van der Waals surface area contributed by atoms with E-state index in [4.69, 9.17) is 11.6 Å². The van der Waals surface area contributed by atoms with Crippen LogP contribution in [-0.4, -0.2) is 19.6 Å². The van der Waals surface area contributed by atoms with E-state index in [1.54, 1.807) is 10.9 Å². The van der Waals surface area contributed by atoms with Crippen LogP contribution < -0.4 is 0 Å². The van der Waals surface area contributed by atoms with Gasteiger partial charge in [0, 0.05) is 25.9 Å². The summed E-state index contributed by atoms with van der Waals surface area (Å²) < 4.78 is 3.60. The Morgan fingerprint density at radius 2 is 2.27 bits per heavy atom. The van der Waals surface area contributed by atoms with E-state index in [0.29, 0.717) is 5.15 Å². The second-order valence-electron chi connectivity index (χ2n) is 3.42. The number of rotatable bonds is 3. The van der Waals surface area contributed by atoms with Crippen LogP contribution in [0, 0.1) is 0 Å². The molecule has 0 fully saturated rings. The highest BCUT2D eigenvalue weighted by Gasteiger charge is 2.09. The molecule has 0 radical (unpaired) electrons. The third kappa shape index (κ3) is 1.90. The van der Waals surface area contributed by atoms with Crippen LogP contribution in [0.25, 0.3) is 11.4 Å². The van der Waals surface area contributed by atoms with Crippen molar-refractivity contribution in [2.45, 2.75) is 19.9 Å². The minimum absolute atomic E-state index is 0.674. The van der Waals surface area contributed by atoms with Crippen molar-refractivity contribution >= 4 is 11.6 Å². The molecule has 15 heavy (non-hydrogen) atoms. The number of aromatic nitrogens is 4. The predicted octanol–water partition coefficient (Wildman–Crippen LogP) is 2.35. The van der Waals surface area contributed by atoms with Crippen LogP contribution in [0.15, 0.2) is 18.3 Å². The van der Waals surface area contributed by atoms with Gasteiger partial charge in [0.1, 0.15) is 10.8 Å². The van der Waals surface area contributed by atoms with E-state index in [0.717, 1.165) is 24.4 Å². The molecule has 0 aliphatic heterocycles.